The molecule has 0 bridgehead atoms. The van der Waals surface area contributed by atoms with Crippen LogP contribution in [0, 0.1) is 33.6 Å². The molecule has 0 saturated carbocycles. The highest BCUT2D eigenvalue weighted by atomic mass is 15.1. The summed E-state index contributed by atoms with van der Waals surface area (Å²) in [6, 6.07) is 24.0. The third kappa shape index (κ3) is 22.0. The van der Waals surface area contributed by atoms with Crippen LogP contribution in [0.5, 0.6) is 0 Å². The quantitative estimate of drug-likeness (QED) is 0.186. The van der Waals surface area contributed by atoms with E-state index in [2.05, 4.69) is 154 Å². The number of benzene rings is 3. The molecule has 0 aliphatic heterocycles. The van der Waals surface area contributed by atoms with Gasteiger partial charge in [0.1, 0.15) is 0 Å². The van der Waals surface area contributed by atoms with Gasteiger partial charge in [0.15, 0.2) is 0 Å². The summed E-state index contributed by atoms with van der Waals surface area (Å²) in [6.45, 7) is 42.1. The van der Waals surface area contributed by atoms with E-state index < -0.39 is 0 Å². The molecule has 3 rings (SSSR count). The predicted molar refractivity (Wildman–Crippen MR) is 217 cm³/mol. The lowest BCUT2D eigenvalue weighted by atomic mass is 9.94. The Morgan fingerprint density at radius 1 is 0.652 bits per heavy atom. The van der Waals surface area contributed by atoms with Crippen LogP contribution in [0.2, 0.25) is 0 Å². The molecular formula is C45H71N. The standard InChI is InChI=1S/C19H22.C11H15N.C7H14.C4H8.2C2H6/c1-13-6-8-18(9-7-13)16(4)17(5)19-11-14(2)10-15(3)12-19;1-4-12(5-2)11-8-6-10(3)7-9-11;1-6(2)5-7(3)4;1-3-4-2;2*1-2/h6-12H,1-5H3;4,6-9H,1,5H2,2-3H3;7H,1,5H2,2-4H3;3-4H,1-2H3;2*1-2H3/b17-16-;;;4-3-;;. The Morgan fingerprint density at radius 2 is 1.04 bits per heavy atom. The predicted octanol–water partition coefficient (Wildman–Crippen LogP) is 14.8. The largest absolute Gasteiger partial charge is 0.349 e. The van der Waals surface area contributed by atoms with E-state index in [4.69, 9.17) is 0 Å². The van der Waals surface area contributed by atoms with Crippen molar-refractivity contribution < 1.29 is 0 Å². The van der Waals surface area contributed by atoms with Gasteiger partial charge in [-0.2, -0.15) is 0 Å². The summed E-state index contributed by atoms with van der Waals surface area (Å²) in [5, 5.41) is 0. The minimum Gasteiger partial charge on any atom is -0.349 e. The van der Waals surface area contributed by atoms with Gasteiger partial charge in [-0.1, -0.05) is 143 Å². The third-order valence-corrected chi connectivity index (χ3v) is 6.72. The van der Waals surface area contributed by atoms with Crippen molar-refractivity contribution in [1.82, 2.24) is 0 Å². The number of hydrogen-bond donors (Lipinski definition) is 0. The van der Waals surface area contributed by atoms with E-state index >= 15 is 0 Å². The Kier molecular flexibility index (Phi) is 29.4. The first kappa shape index (κ1) is 46.8. The number of nitrogens with zero attached hydrogens (tertiary/aromatic N) is 1. The second-order valence-corrected chi connectivity index (χ2v) is 11.5. The van der Waals surface area contributed by atoms with Crippen LogP contribution in [0.4, 0.5) is 5.69 Å². The van der Waals surface area contributed by atoms with Crippen LogP contribution in [0.25, 0.3) is 11.1 Å². The first-order valence-electron chi connectivity index (χ1n) is 17.3. The van der Waals surface area contributed by atoms with Gasteiger partial charge in [0, 0.05) is 12.2 Å². The van der Waals surface area contributed by atoms with E-state index in [1.54, 1.807) is 0 Å². The molecule has 0 saturated heterocycles. The molecule has 256 valence electrons. The Hall–Kier alpha value is -3.58. The van der Waals surface area contributed by atoms with Crippen LogP contribution < -0.4 is 4.90 Å². The molecule has 0 radical (unpaired) electrons. The molecule has 3 aromatic rings. The summed E-state index contributed by atoms with van der Waals surface area (Å²) in [7, 11) is 0. The zero-order chi connectivity index (χ0) is 36.2. The van der Waals surface area contributed by atoms with Crippen molar-refractivity contribution in [3.05, 3.63) is 137 Å². The molecule has 0 amide bonds. The van der Waals surface area contributed by atoms with Gasteiger partial charge in [0.25, 0.3) is 0 Å². The Morgan fingerprint density at radius 3 is 1.35 bits per heavy atom. The van der Waals surface area contributed by atoms with Crippen LogP contribution in [0.15, 0.2) is 104 Å². The molecule has 0 N–H and O–H groups in total. The van der Waals surface area contributed by atoms with Crippen molar-refractivity contribution in [2.45, 2.75) is 117 Å². The maximum absolute atomic E-state index is 3.80. The fourth-order valence-corrected chi connectivity index (χ4v) is 4.28. The van der Waals surface area contributed by atoms with Crippen molar-refractivity contribution in [3.8, 4) is 0 Å². The first-order chi connectivity index (χ1) is 21.8. The molecule has 1 nitrogen and oxygen atoms in total. The van der Waals surface area contributed by atoms with E-state index in [1.165, 1.54) is 62.2 Å². The topological polar surface area (TPSA) is 3.24 Å². The number of aryl methyl sites for hydroxylation is 4. The number of rotatable bonds is 7. The van der Waals surface area contributed by atoms with Crippen molar-refractivity contribution >= 4 is 16.8 Å². The molecule has 0 heterocycles. The summed E-state index contributed by atoms with van der Waals surface area (Å²) in [4.78, 5) is 2.11. The highest BCUT2D eigenvalue weighted by Crippen LogP contribution is 2.27. The summed E-state index contributed by atoms with van der Waals surface area (Å²) in [6.07, 6.45) is 7.02. The van der Waals surface area contributed by atoms with Crippen LogP contribution in [-0.4, -0.2) is 6.54 Å². The second kappa shape index (κ2) is 28.9. The average molecular weight is 626 g/mol. The van der Waals surface area contributed by atoms with Crippen LogP contribution in [-0.2, 0) is 0 Å². The Balaban J connectivity index is -0.000000587. The fraction of sp³-hybridized carbons (Fsp3) is 0.422. The van der Waals surface area contributed by atoms with Crippen LogP contribution in [0.3, 0.4) is 0 Å². The van der Waals surface area contributed by atoms with Gasteiger partial charge in [-0.15, -0.1) is 6.58 Å². The zero-order valence-electron chi connectivity index (χ0n) is 32.9. The van der Waals surface area contributed by atoms with Gasteiger partial charge in [-0.25, -0.2) is 0 Å². The Labute approximate surface area is 287 Å². The molecule has 0 atom stereocenters. The van der Waals surface area contributed by atoms with Gasteiger partial charge in [0.2, 0.25) is 0 Å². The SMILES string of the molecule is C/C(=C(\C)c1cc(C)cc(C)c1)c1ccc(C)cc1.C/C=C\C.C=C(C)CC(C)C.C=CN(CC)c1ccc(C)cc1.CC.CC. The normalized spacial score (nSPS) is 10.1. The fourth-order valence-electron chi connectivity index (χ4n) is 4.28. The summed E-state index contributed by atoms with van der Waals surface area (Å²) < 4.78 is 0. The highest BCUT2D eigenvalue weighted by Gasteiger charge is 2.04. The van der Waals surface area contributed by atoms with E-state index in [9.17, 15) is 0 Å². The van der Waals surface area contributed by atoms with Crippen molar-refractivity contribution in [2.24, 2.45) is 5.92 Å². The molecule has 0 unspecified atom stereocenters. The van der Waals surface area contributed by atoms with Crippen LogP contribution >= 0.6 is 0 Å². The van der Waals surface area contributed by atoms with E-state index in [-0.39, 0.29) is 0 Å². The number of allylic oxidation sites excluding steroid dienone is 5. The van der Waals surface area contributed by atoms with Gasteiger partial charge < -0.3 is 4.90 Å². The molecule has 1 heteroatoms. The smallest absolute Gasteiger partial charge is 0.0405 e. The monoisotopic (exact) mass is 626 g/mol. The molecule has 46 heavy (non-hydrogen) atoms. The van der Waals surface area contributed by atoms with E-state index in [1.807, 2.05) is 59.9 Å². The van der Waals surface area contributed by atoms with Gasteiger partial charge >= 0.3 is 0 Å². The van der Waals surface area contributed by atoms with Gasteiger partial charge in [0.05, 0.1) is 0 Å². The summed E-state index contributed by atoms with van der Waals surface area (Å²) >= 11 is 0. The third-order valence-electron chi connectivity index (χ3n) is 6.72. The van der Waals surface area contributed by atoms with Crippen molar-refractivity contribution in [1.29, 1.82) is 0 Å². The second-order valence-electron chi connectivity index (χ2n) is 11.5. The van der Waals surface area contributed by atoms with E-state index in [0.29, 0.717) is 0 Å². The average Bonchev–Trinajstić information content (AvgIpc) is 3.04. The lowest BCUT2D eigenvalue weighted by Crippen LogP contribution is -2.13. The minimum absolute atomic E-state index is 0.775. The Bertz CT molecular complexity index is 1230. The zero-order valence-corrected chi connectivity index (χ0v) is 32.9. The van der Waals surface area contributed by atoms with Crippen molar-refractivity contribution in [2.75, 3.05) is 11.4 Å². The van der Waals surface area contributed by atoms with Gasteiger partial charge in [-0.3, -0.25) is 0 Å². The molecule has 3 aromatic carbocycles. The molecule has 0 aliphatic rings. The highest BCUT2D eigenvalue weighted by molar-refractivity contribution is 5.89. The van der Waals surface area contributed by atoms with Gasteiger partial charge in [-0.05, 0) is 122 Å². The lowest BCUT2D eigenvalue weighted by molar-refractivity contribution is 0.644. The van der Waals surface area contributed by atoms with Crippen LogP contribution in [0.1, 0.15) is 123 Å². The number of anilines is 1. The molecule has 0 fully saturated rings. The summed E-state index contributed by atoms with van der Waals surface area (Å²) in [5.41, 5.74) is 13.1. The number of hydrogen-bond acceptors (Lipinski definition) is 1. The minimum atomic E-state index is 0.775. The summed E-state index contributed by atoms with van der Waals surface area (Å²) in [5.74, 6) is 0.775. The first-order valence-corrected chi connectivity index (χ1v) is 17.3. The maximum atomic E-state index is 3.80. The molecular weight excluding hydrogens is 555 g/mol. The molecule has 0 spiro atoms. The van der Waals surface area contributed by atoms with Crippen molar-refractivity contribution in [3.63, 3.8) is 0 Å². The lowest BCUT2D eigenvalue weighted by Gasteiger charge is -2.17. The maximum Gasteiger partial charge on any atom is 0.0405 e. The van der Waals surface area contributed by atoms with E-state index in [0.717, 1.165) is 12.5 Å². The molecule has 0 aromatic heterocycles. The molecule has 0 aliphatic carbocycles.